The van der Waals surface area contributed by atoms with Gasteiger partial charge >= 0.3 is 12.0 Å². The van der Waals surface area contributed by atoms with Crippen LogP contribution in [0.2, 0.25) is 0 Å². The fourth-order valence-electron chi connectivity index (χ4n) is 2.89. The number of amides is 2. The van der Waals surface area contributed by atoms with E-state index < -0.39 is 11.9 Å². The molecule has 2 amide bonds. The normalized spacial score (nSPS) is 24.1. The van der Waals surface area contributed by atoms with Gasteiger partial charge in [0.25, 0.3) is 0 Å². The minimum atomic E-state index is -0.831. The molecule has 0 saturated carbocycles. The standard InChI is InChI=1S/C15H18N2O4/c18-14(19)10-4-3-7-17(8-10)15(20)16-12-9-21-13-6-2-1-5-11(12)13/h1-2,5-6,10,12H,3-4,7-9H2,(H,16,20)(H,18,19)/t10-,12?/m0/s1. The molecule has 1 unspecified atom stereocenters. The van der Waals surface area contributed by atoms with Crippen molar-refractivity contribution in [3.05, 3.63) is 29.8 Å². The van der Waals surface area contributed by atoms with Gasteiger partial charge in [-0.2, -0.15) is 0 Å². The minimum Gasteiger partial charge on any atom is -0.491 e. The number of nitrogens with zero attached hydrogens (tertiary/aromatic N) is 1. The number of hydrogen-bond acceptors (Lipinski definition) is 3. The van der Waals surface area contributed by atoms with Gasteiger partial charge in [0.1, 0.15) is 12.4 Å². The highest BCUT2D eigenvalue weighted by Crippen LogP contribution is 2.31. The lowest BCUT2D eigenvalue weighted by Gasteiger charge is -2.31. The molecule has 0 aromatic heterocycles. The second-order valence-electron chi connectivity index (χ2n) is 5.47. The second-order valence-corrected chi connectivity index (χ2v) is 5.47. The van der Waals surface area contributed by atoms with Crippen molar-refractivity contribution >= 4 is 12.0 Å². The van der Waals surface area contributed by atoms with E-state index in [0.717, 1.165) is 17.7 Å². The lowest BCUT2D eigenvalue weighted by molar-refractivity contribution is -0.143. The molecule has 2 aliphatic rings. The number of para-hydroxylation sites is 1. The molecule has 1 saturated heterocycles. The van der Waals surface area contributed by atoms with Crippen LogP contribution in [0.1, 0.15) is 24.4 Å². The molecule has 3 rings (SSSR count). The van der Waals surface area contributed by atoms with E-state index in [0.29, 0.717) is 19.6 Å². The second kappa shape index (κ2) is 5.63. The van der Waals surface area contributed by atoms with Gasteiger partial charge in [0.05, 0.1) is 12.0 Å². The van der Waals surface area contributed by atoms with Crippen molar-refractivity contribution in [1.29, 1.82) is 0 Å². The first-order chi connectivity index (χ1) is 10.1. The van der Waals surface area contributed by atoms with Gasteiger partial charge in [0, 0.05) is 18.7 Å². The number of ether oxygens (including phenoxy) is 1. The van der Waals surface area contributed by atoms with Crippen LogP contribution in [0.3, 0.4) is 0 Å². The number of piperidine rings is 1. The number of carboxylic acids is 1. The molecule has 6 nitrogen and oxygen atoms in total. The van der Waals surface area contributed by atoms with Gasteiger partial charge in [-0.25, -0.2) is 4.79 Å². The van der Waals surface area contributed by atoms with Crippen LogP contribution in [0.4, 0.5) is 4.79 Å². The molecule has 1 aromatic rings. The lowest BCUT2D eigenvalue weighted by atomic mass is 9.98. The molecule has 0 bridgehead atoms. The Morgan fingerprint density at radius 3 is 2.95 bits per heavy atom. The Bertz CT molecular complexity index is 560. The average Bonchev–Trinajstić information content (AvgIpc) is 2.91. The van der Waals surface area contributed by atoms with Crippen LogP contribution in [-0.4, -0.2) is 41.7 Å². The summed E-state index contributed by atoms with van der Waals surface area (Å²) in [5.74, 6) is -0.497. The van der Waals surface area contributed by atoms with Crippen molar-refractivity contribution in [2.45, 2.75) is 18.9 Å². The van der Waals surface area contributed by atoms with Gasteiger partial charge in [-0.05, 0) is 18.9 Å². The zero-order valence-electron chi connectivity index (χ0n) is 11.6. The maximum atomic E-state index is 12.3. The molecule has 1 fully saturated rings. The zero-order valence-corrected chi connectivity index (χ0v) is 11.6. The molecule has 0 radical (unpaired) electrons. The Morgan fingerprint density at radius 1 is 1.33 bits per heavy atom. The molecule has 21 heavy (non-hydrogen) atoms. The third-order valence-corrected chi connectivity index (χ3v) is 4.06. The molecule has 0 aliphatic carbocycles. The van der Waals surface area contributed by atoms with Crippen molar-refractivity contribution in [3.8, 4) is 5.75 Å². The summed E-state index contributed by atoms with van der Waals surface area (Å²) in [6.07, 6.45) is 1.36. The minimum absolute atomic E-state index is 0.168. The first kappa shape index (κ1) is 13.7. The van der Waals surface area contributed by atoms with Crippen molar-refractivity contribution in [2.75, 3.05) is 19.7 Å². The zero-order chi connectivity index (χ0) is 14.8. The molecule has 2 N–H and O–H groups in total. The topological polar surface area (TPSA) is 78.9 Å². The summed E-state index contributed by atoms with van der Waals surface area (Å²) in [7, 11) is 0. The number of carbonyl (C=O) groups is 2. The van der Waals surface area contributed by atoms with E-state index in [4.69, 9.17) is 9.84 Å². The number of fused-ring (bicyclic) bond motifs is 1. The van der Waals surface area contributed by atoms with Crippen molar-refractivity contribution in [3.63, 3.8) is 0 Å². The molecule has 0 spiro atoms. The van der Waals surface area contributed by atoms with E-state index in [1.54, 1.807) is 4.90 Å². The summed E-state index contributed by atoms with van der Waals surface area (Å²) >= 11 is 0. The highest BCUT2D eigenvalue weighted by Gasteiger charge is 2.31. The van der Waals surface area contributed by atoms with Crippen LogP contribution >= 0.6 is 0 Å². The van der Waals surface area contributed by atoms with Crippen LogP contribution in [-0.2, 0) is 4.79 Å². The highest BCUT2D eigenvalue weighted by atomic mass is 16.5. The van der Waals surface area contributed by atoms with Crippen molar-refractivity contribution < 1.29 is 19.4 Å². The van der Waals surface area contributed by atoms with E-state index in [1.165, 1.54) is 0 Å². The molecule has 2 atom stereocenters. The average molecular weight is 290 g/mol. The Labute approximate surface area is 122 Å². The number of rotatable bonds is 2. The predicted octanol–water partition coefficient (Wildman–Crippen LogP) is 1.63. The summed E-state index contributed by atoms with van der Waals surface area (Å²) < 4.78 is 5.53. The smallest absolute Gasteiger partial charge is 0.318 e. The first-order valence-electron chi connectivity index (χ1n) is 7.15. The van der Waals surface area contributed by atoms with Crippen LogP contribution in [0.25, 0.3) is 0 Å². The molecule has 1 aromatic carbocycles. The quantitative estimate of drug-likeness (QED) is 0.867. The van der Waals surface area contributed by atoms with E-state index in [2.05, 4.69) is 5.32 Å². The molecular formula is C15H18N2O4. The number of likely N-dealkylation sites (tertiary alicyclic amines) is 1. The molecule has 6 heteroatoms. The fraction of sp³-hybridized carbons (Fsp3) is 0.467. The summed E-state index contributed by atoms with van der Waals surface area (Å²) in [6, 6.07) is 7.23. The fourth-order valence-corrected chi connectivity index (χ4v) is 2.89. The summed E-state index contributed by atoms with van der Waals surface area (Å²) in [5, 5.41) is 12.0. The summed E-state index contributed by atoms with van der Waals surface area (Å²) in [6.45, 7) is 1.29. The van der Waals surface area contributed by atoms with E-state index in [-0.39, 0.29) is 18.6 Å². The molecule has 2 heterocycles. The van der Waals surface area contributed by atoms with Gasteiger partial charge in [-0.3, -0.25) is 4.79 Å². The Hall–Kier alpha value is -2.24. The third-order valence-electron chi connectivity index (χ3n) is 4.06. The molecule has 112 valence electrons. The van der Waals surface area contributed by atoms with Gasteiger partial charge in [-0.15, -0.1) is 0 Å². The summed E-state index contributed by atoms with van der Waals surface area (Å²) in [4.78, 5) is 24.9. The maximum Gasteiger partial charge on any atom is 0.318 e. The summed E-state index contributed by atoms with van der Waals surface area (Å²) in [5.41, 5.74) is 0.970. The first-order valence-corrected chi connectivity index (χ1v) is 7.15. The lowest BCUT2D eigenvalue weighted by Crippen LogP contribution is -2.48. The number of carbonyl (C=O) groups excluding carboxylic acids is 1. The van der Waals surface area contributed by atoms with Gasteiger partial charge in [-0.1, -0.05) is 18.2 Å². The SMILES string of the molecule is O=C(O)[C@H]1CCCN(C(=O)NC2COc3ccccc32)C1. The number of benzene rings is 1. The van der Waals surface area contributed by atoms with Gasteiger partial charge in [0.15, 0.2) is 0 Å². The number of hydrogen-bond donors (Lipinski definition) is 2. The molecule has 2 aliphatic heterocycles. The van der Waals surface area contributed by atoms with Gasteiger partial charge < -0.3 is 20.1 Å². The Morgan fingerprint density at radius 2 is 2.14 bits per heavy atom. The monoisotopic (exact) mass is 290 g/mol. The van der Waals surface area contributed by atoms with Crippen LogP contribution in [0, 0.1) is 5.92 Å². The Kier molecular flexibility index (Phi) is 3.68. The van der Waals surface area contributed by atoms with Crippen molar-refractivity contribution in [2.24, 2.45) is 5.92 Å². The van der Waals surface area contributed by atoms with E-state index in [9.17, 15) is 9.59 Å². The maximum absolute atomic E-state index is 12.3. The molecular weight excluding hydrogens is 272 g/mol. The van der Waals surface area contributed by atoms with E-state index in [1.807, 2.05) is 24.3 Å². The van der Waals surface area contributed by atoms with Crippen LogP contribution in [0.5, 0.6) is 5.75 Å². The van der Waals surface area contributed by atoms with E-state index >= 15 is 0 Å². The highest BCUT2D eigenvalue weighted by molar-refractivity contribution is 5.77. The number of urea groups is 1. The Balaban J connectivity index is 1.63. The van der Waals surface area contributed by atoms with Crippen LogP contribution < -0.4 is 10.1 Å². The third kappa shape index (κ3) is 2.79. The largest absolute Gasteiger partial charge is 0.491 e. The van der Waals surface area contributed by atoms with Crippen molar-refractivity contribution in [1.82, 2.24) is 10.2 Å². The van der Waals surface area contributed by atoms with Crippen LogP contribution in [0.15, 0.2) is 24.3 Å². The number of nitrogens with one attached hydrogen (secondary N) is 1. The van der Waals surface area contributed by atoms with Gasteiger partial charge in [0.2, 0.25) is 0 Å². The number of carboxylic acid groups (broad SMARTS) is 1. The predicted molar refractivity (Wildman–Crippen MR) is 75.1 cm³/mol. The number of aliphatic carboxylic acids is 1.